The first kappa shape index (κ1) is 31.3. The van der Waals surface area contributed by atoms with Crippen LogP contribution in [0.3, 0.4) is 0 Å². The molecule has 0 aromatic heterocycles. The molecule has 0 bridgehead atoms. The molecule has 0 saturated carbocycles. The number of thioether (sulfide) groups is 1. The summed E-state index contributed by atoms with van der Waals surface area (Å²) in [6.45, 7) is 8.18. The van der Waals surface area contributed by atoms with Gasteiger partial charge >= 0.3 is 6.18 Å². The van der Waals surface area contributed by atoms with E-state index >= 15 is 0 Å². The molecule has 0 radical (unpaired) electrons. The first-order chi connectivity index (χ1) is 19.8. The minimum Gasteiger partial charge on any atom is -0.493 e. The molecule has 1 saturated heterocycles. The molecule has 42 heavy (non-hydrogen) atoms. The number of nitrogens with zero attached hydrogens (tertiary/aromatic N) is 1. The Hall–Kier alpha value is -3.65. The molecule has 224 valence electrons. The average Bonchev–Trinajstić information content (AvgIpc) is 3.25. The van der Waals surface area contributed by atoms with Gasteiger partial charge in [-0.05, 0) is 112 Å². The summed E-state index contributed by atoms with van der Waals surface area (Å²) in [6, 6.07) is 5.68. The zero-order valence-electron chi connectivity index (χ0n) is 24.0. The minimum absolute atomic E-state index is 0.0219. The molecule has 1 N–H and O–H groups in total. The van der Waals surface area contributed by atoms with Crippen LogP contribution in [0.5, 0.6) is 17.2 Å². The monoisotopic (exact) mass is 602 g/mol. The number of imide groups is 1. The molecule has 2 aliphatic heterocycles. The highest BCUT2D eigenvalue weighted by molar-refractivity contribution is 8.18. The highest BCUT2D eigenvalue weighted by Gasteiger charge is 2.38. The van der Waals surface area contributed by atoms with Crippen LogP contribution in [0.1, 0.15) is 72.4 Å². The number of hydrogen-bond donors (Lipinski definition) is 1. The van der Waals surface area contributed by atoms with E-state index in [4.69, 9.17) is 19.5 Å². The van der Waals surface area contributed by atoms with Crippen molar-refractivity contribution in [3.63, 3.8) is 0 Å². The molecule has 0 spiro atoms. The van der Waals surface area contributed by atoms with Crippen molar-refractivity contribution in [3.05, 3.63) is 56.5 Å². The van der Waals surface area contributed by atoms with Crippen molar-refractivity contribution in [2.75, 3.05) is 13.2 Å². The highest BCUT2D eigenvalue weighted by Crippen LogP contribution is 2.44. The summed E-state index contributed by atoms with van der Waals surface area (Å²) in [4.78, 5) is 23.2. The zero-order chi connectivity index (χ0) is 30.7. The molecule has 2 heterocycles. The number of halogens is 3. The smallest absolute Gasteiger partial charge is 0.419 e. The van der Waals surface area contributed by atoms with Crippen LogP contribution in [0.25, 0.3) is 6.08 Å². The van der Waals surface area contributed by atoms with Crippen molar-refractivity contribution in [1.82, 2.24) is 5.32 Å². The third kappa shape index (κ3) is 7.04. The van der Waals surface area contributed by atoms with E-state index in [9.17, 15) is 22.8 Å². The van der Waals surface area contributed by atoms with Crippen LogP contribution in [-0.2, 0) is 17.4 Å². The number of nitrogens with one attached hydrogen (secondary N) is 1. The lowest BCUT2D eigenvalue weighted by Crippen LogP contribution is -2.42. The highest BCUT2D eigenvalue weighted by atomic mass is 32.2. The van der Waals surface area contributed by atoms with Gasteiger partial charge in [0.25, 0.3) is 11.1 Å². The summed E-state index contributed by atoms with van der Waals surface area (Å²) in [5.74, 6) is 0.553. The van der Waals surface area contributed by atoms with Crippen LogP contribution in [0.2, 0.25) is 0 Å². The fourth-order valence-corrected chi connectivity index (χ4v) is 5.73. The van der Waals surface area contributed by atoms with Crippen molar-refractivity contribution in [3.8, 4) is 23.3 Å². The number of carbonyl (C=O) groups is 2. The van der Waals surface area contributed by atoms with Crippen LogP contribution < -0.4 is 19.5 Å². The number of unbranched alkanes of at least 4 members (excludes halogenated alkanes) is 3. The number of nitriles is 1. The predicted octanol–water partition coefficient (Wildman–Crippen LogP) is 7.58. The van der Waals surface area contributed by atoms with Gasteiger partial charge in [0.15, 0.2) is 0 Å². The lowest BCUT2D eigenvalue weighted by atomic mass is 9.87. The van der Waals surface area contributed by atoms with Gasteiger partial charge in [-0.2, -0.15) is 18.4 Å². The number of carbonyl (C=O) groups excluding carboxylic acids is 2. The second-order valence-corrected chi connectivity index (χ2v) is 11.8. The van der Waals surface area contributed by atoms with Gasteiger partial charge in [-0.1, -0.05) is 6.07 Å². The normalized spacial score (nSPS) is 19.2. The molecule has 1 fully saturated rings. The van der Waals surface area contributed by atoms with Crippen molar-refractivity contribution in [2.24, 2.45) is 0 Å². The quantitative estimate of drug-likeness (QED) is 0.221. The maximum atomic E-state index is 14.0. The largest absolute Gasteiger partial charge is 0.493 e. The van der Waals surface area contributed by atoms with Gasteiger partial charge in [-0.3, -0.25) is 14.9 Å². The average molecular weight is 603 g/mol. The van der Waals surface area contributed by atoms with Crippen LogP contribution in [0.15, 0.2) is 23.1 Å². The first-order valence-corrected chi connectivity index (χ1v) is 14.5. The molecule has 11 heteroatoms. The van der Waals surface area contributed by atoms with E-state index in [1.807, 2.05) is 27.7 Å². The Bertz CT molecular complexity index is 1460. The number of hydrogen-bond acceptors (Lipinski definition) is 7. The van der Waals surface area contributed by atoms with Crippen LogP contribution in [0, 0.1) is 32.1 Å². The Morgan fingerprint density at radius 1 is 1.12 bits per heavy atom. The Balaban J connectivity index is 1.49. The summed E-state index contributed by atoms with van der Waals surface area (Å²) in [5.41, 5.74) is 2.16. The summed E-state index contributed by atoms with van der Waals surface area (Å²) in [6.07, 6.45) is 0.886. The molecule has 4 rings (SSSR count). The molecule has 0 aliphatic carbocycles. The second-order valence-electron chi connectivity index (χ2n) is 10.8. The van der Waals surface area contributed by atoms with Crippen LogP contribution in [0.4, 0.5) is 18.0 Å². The van der Waals surface area contributed by atoms with Gasteiger partial charge in [0.2, 0.25) is 0 Å². The number of rotatable bonds is 10. The fourth-order valence-electron chi connectivity index (χ4n) is 5.04. The standard InChI is InChI=1S/C31H33F3N2O5S/c1-18-19(2)27-22(20(3)26(18)39-14-8-6-5-7-13-35)11-12-30(4,41-27)17-40-24-10-9-21(15-23(24)31(32,33)34)16-25-28(37)36-29(38)42-25/h9-10,15-16H,5-8,11-12,14,17H2,1-4H3,(H,36,37,38). The van der Waals surface area contributed by atoms with E-state index in [-0.39, 0.29) is 22.8 Å². The number of amides is 2. The molecule has 2 amide bonds. The number of ether oxygens (including phenoxy) is 3. The maximum Gasteiger partial charge on any atom is 0.419 e. The molecule has 2 aliphatic rings. The van der Waals surface area contributed by atoms with Crippen LogP contribution >= 0.6 is 11.8 Å². The Morgan fingerprint density at radius 3 is 2.55 bits per heavy atom. The van der Waals surface area contributed by atoms with Gasteiger partial charge in [0, 0.05) is 12.0 Å². The summed E-state index contributed by atoms with van der Waals surface area (Å²) >= 11 is 0.635. The molecular weight excluding hydrogens is 569 g/mol. The summed E-state index contributed by atoms with van der Waals surface area (Å²) in [5, 5.41) is 10.2. The topological polar surface area (TPSA) is 97.6 Å². The molecule has 7 nitrogen and oxygen atoms in total. The molecule has 1 atom stereocenters. The van der Waals surface area contributed by atoms with E-state index in [1.165, 1.54) is 18.2 Å². The third-order valence-electron chi connectivity index (χ3n) is 7.52. The van der Waals surface area contributed by atoms with Crippen molar-refractivity contribution < 1.29 is 37.0 Å². The lowest BCUT2D eigenvalue weighted by molar-refractivity contribution is -0.139. The van der Waals surface area contributed by atoms with Crippen molar-refractivity contribution in [2.45, 2.75) is 78.0 Å². The van der Waals surface area contributed by atoms with E-state index in [0.29, 0.717) is 43.4 Å². The Morgan fingerprint density at radius 2 is 1.88 bits per heavy atom. The number of fused-ring (bicyclic) bond motifs is 1. The molecule has 2 aromatic carbocycles. The van der Waals surface area contributed by atoms with E-state index in [0.717, 1.165) is 53.3 Å². The lowest BCUT2D eigenvalue weighted by Gasteiger charge is -2.38. The van der Waals surface area contributed by atoms with Gasteiger partial charge < -0.3 is 14.2 Å². The van der Waals surface area contributed by atoms with Gasteiger partial charge in [-0.15, -0.1) is 0 Å². The van der Waals surface area contributed by atoms with Gasteiger partial charge in [0.05, 0.1) is 23.1 Å². The SMILES string of the molecule is Cc1c(C)c2c(c(C)c1OCCCCCC#N)CCC(C)(COc1ccc(C=C3SC(=O)NC3=O)cc1C(F)(F)F)O2. The summed E-state index contributed by atoms with van der Waals surface area (Å²) < 4.78 is 60.3. The second kappa shape index (κ2) is 12.7. The minimum atomic E-state index is -4.71. The fraction of sp³-hybridized carbons (Fsp3) is 0.452. The molecular formula is C31H33F3N2O5S. The number of alkyl halides is 3. The van der Waals surface area contributed by atoms with E-state index in [2.05, 4.69) is 11.4 Å². The Kier molecular flexibility index (Phi) is 9.46. The zero-order valence-corrected chi connectivity index (χ0v) is 24.8. The van der Waals surface area contributed by atoms with Gasteiger partial charge in [0.1, 0.15) is 29.5 Å². The van der Waals surface area contributed by atoms with Crippen LogP contribution in [-0.4, -0.2) is 30.0 Å². The van der Waals surface area contributed by atoms with Crippen molar-refractivity contribution in [1.29, 1.82) is 5.26 Å². The van der Waals surface area contributed by atoms with Gasteiger partial charge in [-0.25, -0.2) is 0 Å². The third-order valence-corrected chi connectivity index (χ3v) is 8.34. The van der Waals surface area contributed by atoms with Crippen molar-refractivity contribution >= 4 is 29.0 Å². The predicted molar refractivity (Wildman–Crippen MR) is 154 cm³/mol. The molecule has 1 unspecified atom stereocenters. The summed E-state index contributed by atoms with van der Waals surface area (Å²) in [7, 11) is 0. The van der Waals surface area contributed by atoms with E-state index in [1.54, 1.807) is 0 Å². The van der Waals surface area contributed by atoms with E-state index < -0.39 is 28.5 Å². The molecule has 2 aromatic rings. The first-order valence-electron chi connectivity index (χ1n) is 13.7. The maximum absolute atomic E-state index is 14.0. The number of benzene rings is 2. The Labute approximate surface area is 247 Å².